The van der Waals surface area contributed by atoms with Gasteiger partial charge in [-0.25, -0.2) is 31.9 Å². The molecule has 3 N–H and O–H groups in total. The number of carbonyl (C=O) groups is 4. The fourth-order valence-corrected chi connectivity index (χ4v) is 16.4. The van der Waals surface area contributed by atoms with Crippen molar-refractivity contribution in [2.75, 3.05) is 57.4 Å². The number of nitrogens with one attached hydrogen (secondary N) is 1. The molecule has 0 unspecified atom stereocenters. The SMILES string of the molecule is COC(=O)[C@@H]1Cc2c(ccc(OC)c2OCc2ccccc2)CN1.COC(=O)[C@@H]1Cc2c(ccc(OC)c2OCc2ccccc2)CN1c1nc2cc(F)ccc2o1.COc1ccc2c(c1OCc1ccccc1)C[C@@H](C(=O)O)N(c1nc3cc(F)ccc3o1)C2.COc1ccc2c(c1OCc1ccccc1)C[C@@H](C(=O)O)N(c1nc3cc(F)ccc3o1)C2.Cl.Fc1ccc2oc(Cl)nc2c1. The van der Waals surface area contributed by atoms with Crippen LogP contribution in [0.3, 0.4) is 0 Å². The molecule has 28 nitrogen and oxygen atoms in total. The van der Waals surface area contributed by atoms with Crippen LogP contribution in [0.1, 0.15) is 66.8 Å². The van der Waals surface area contributed by atoms with Crippen molar-refractivity contribution >= 4 is 110 Å². The molecule has 0 fully saturated rings. The maximum Gasteiger partial charge on any atom is 0.329 e. The second kappa shape index (κ2) is 43.4. The Kier molecular flexibility index (Phi) is 30.4. The van der Waals surface area contributed by atoms with Crippen molar-refractivity contribution < 1.29 is 112 Å². The number of carboxylic acid groups (broad SMARTS) is 2. The molecule has 4 aliphatic rings. The number of anilines is 3. The van der Waals surface area contributed by atoms with Gasteiger partial charge in [-0.3, -0.25) is 4.79 Å². The summed E-state index contributed by atoms with van der Waals surface area (Å²) in [7, 11) is 9.06. The zero-order valence-corrected chi connectivity index (χ0v) is 75.6. The van der Waals surface area contributed by atoms with Crippen LogP contribution in [0.4, 0.5) is 35.6 Å². The summed E-state index contributed by atoms with van der Waals surface area (Å²) < 4.78 is 132. The van der Waals surface area contributed by atoms with E-state index in [2.05, 4.69) is 25.3 Å². The minimum atomic E-state index is -1.02. The Morgan fingerprint density at radius 2 is 0.654 bits per heavy atom. The predicted molar refractivity (Wildman–Crippen MR) is 498 cm³/mol. The first kappa shape index (κ1) is 95.1. The highest BCUT2D eigenvalue weighted by Gasteiger charge is 2.41. The molecule has 4 aromatic heterocycles. The van der Waals surface area contributed by atoms with Gasteiger partial charge in [0, 0.05) is 98.4 Å². The third-order valence-corrected chi connectivity index (χ3v) is 23.1. The van der Waals surface area contributed by atoms with Crippen LogP contribution in [0.25, 0.3) is 44.4 Å². The monoisotopic (exact) mass is 1890 g/mol. The van der Waals surface area contributed by atoms with Crippen molar-refractivity contribution in [2.24, 2.45) is 0 Å². The molecule has 0 saturated heterocycles. The quantitative estimate of drug-likeness (QED) is 0.0395. The van der Waals surface area contributed by atoms with E-state index >= 15 is 0 Å². The summed E-state index contributed by atoms with van der Waals surface area (Å²) >= 11 is 5.44. The topological polar surface area (TPSA) is 327 Å². The minimum absolute atomic E-state index is 0. The number of fused-ring (bicyclic) bond motifs is 8. The number of nitrogens with zero attached hydrogens (tertiary/aromatic N) is 7. The van der Waals surface area contributed by atoms with Gasteiger partial charge in [0.2, 0.25) is 0 Å². The van der Waals surface area contributed by atoms with Crippen LogP contribution < -0.4 is 57.9 Å². The Hall–Kier alpha value is -15.5. The lowest BCUT2D eigenvalue weighted by Crippen LogP contribution is -2.46. The van der Waals surface area contributed by atoms with E-state index in [0.717, 1.165) is 66.8 Å². The third-order valence-electron chi connectivity index (χ3n) is 23.0. The molecule has 0 aliphatic carbocycles. The summed E-state index contributed by atoms with van der Waals surface area (Å²) in [5.74, 6) is 0.335. The molecule has 16 aromatic rings. The summed E-state index contributed by atoms with van der Waals surface area (Å²) in [6.45, 7) is 2.87. The van der Waals surface area contributed by atoms with E-state index in [1.54, 1.807) is 55.3 Å². The molecule has 0 radical (unpaired) electrons. The normalized spacial score (nSPS) is 14.9. The lowest BCUT2D eigenvalue weighted by molar-refractivity contribution is -0.143. The van der Waals surface area contributed by atoms with Gasteiger partial charge in [-0.1, -0.05) is 146 Å². The molecule has 20 rings (SSSR count). The van der Waals surface area contributed by atoms with E-state index in [9.17, 15) is 47.0 Å². The number of aromatic nitrogens is 4. The van der Waals surface area contributed by atoms with Gasteiger partial charge in [0.1, 0.15) is 95.9 Å². The smallest absolute Gasteiger partial charge is 0.329 e. The molecule has 4 atom stereocenters. The van der Waals surface area contributed by atoms with Crippen molar-refractivity contribution in [3.63, 3.8) is 0 Å². The summed E-state index contributed by atoms with van der Waals surface area (Å²) in [6, 6.07) is 68.0. The average Bonchev–Trinajstić information content (AvgIpc) is 0.858. The molecule has 136 heavy (non-hydrogen) atoms. The fraction of sp³-hybridized carbons (Fsp3) is 0.216. The van der Waals surface area contributed by atoms with Gasteiger partial charge in [0.05, 0.1) is 42.7 Å². The summed E-state index contributed by atoms with van der Waals surface area (Å²) in [4.78, 5) is 70.8. The van der Waals surface area contributed by atoms with Crippen LogP contribution >= 0.6 is 24.0 Å². The third kappa shape index (κ3) is 21.9. The molecule has 700 valence electrons. The van der Waals surface area contributed by atoms with Crippen LogP contribution in [-0.2, 0) is 107 Å². The van der Waals surface area contributed by atoms with Gasteiger partial charge in [0.15, 0.2) is 68.3 Å². The largest absolute Gasteiger partial charge is 0.493 e. The Morgan fingerprint density at radius 1 is 0.368 bits per heavy atom. The summed E-state index contributed by atoms with van der Waals surface area (Å²) in [5.41, 5.74) is 14.5. The molecule has 12 aromatic carbocycles. The van der Waals surface area contributed by atoms with Crippen molar-refractivity contribution in [1.29, 1.82) is 0 Å². The van der Waals surface area contributed by atoms with Crippen LogP contribution in [-0.4, -0.2) is 121 Å². The van der Waals surface area contributed by atoms with E-state index in [4.69, 9.17) is 76.6 Å². The van der Waals surface area contributed by atoms with Crippen molar-refractivity contribution in [1.82, 2.24) is 25.3 Å². The van der Waals surface area contributed by atoms with E-state index in [-0.39, 0.29) is 79.6 Å². The Balaban J connectivity index is 0.000000133. The van der Waals surface area contributed by atoms with Gasteiger partial charge in [-0.15, -0.1) is 12.4 Å². The second-order valence-corrected chi connectivity index (χ2v) is 31.7. The number of ether oxygens (including phenoxy) is 10. The number of halogens is 6. The molecule has 0 amide bonds. The van der Waals surface area contributed by atoms with Gasteiger partial charge < -0.3 is 95.3 Å². The summed E-state index contributed by atoms with van der Waals surface area (Å²) in [5, 5.41) is 23.2. The molecule has 8 heterocycles. The van der Waals surface area contributed by atoms with E-state index in [1.807, 2.05) is 158 Å². The Labute approximate surface area is 787 Å². The maximum atomic E-state index is 13.7. The van der Waals surface area contributed by atoms with Gasteiger partial charge in [-0.05, 0) is 129 Å². The molecule has 34 heteroatoms. The first-order valence-electron chi connectivity index (χ1n) is 42.6. The molecular weight excluding hydrogens is 1800 g/mol. The number of carbonyl (C=O) groups excluding carboxylic acids is 2. The van der Waals surface area contributed by atoms with Gasteiger partial charge in [0.25, 0.3) is 23.4 Å². The van der Waals surface area contributed by atoms with Gasteiger partial charge in [-0.2, -0.15) is 19.9 Å². The average molecular weight is 1890 g/mol. The fourth-order valence-electron chi connectivity index (χ4n) is 16.2. The van der Waals surface area contributed by atoms with E-state index in [0.29, 0.717) is 143 Å². The molecule has 4 aliphatic heterocycles. The molecule has 0 saturated carbocycles. The van der Waals surface area contributed by atoms with Crippen molar-refractivity contribution in [2.45, 2.75) is 102 Å². The number of aliphatic carboxylic acids is 2. The highest BCUT2D eigenvalue weighted by molar-refractivity contribution is 6.28. The lowest BCUT2D eigenvalue weighted by atomic mass is 9.92. The number of benzene rings is 12. The highest BCUT2D eigenvalue weighted by atomic mass is 35.5. The number of methoxy groups -OCH3 is 6. The zero-order valence-electron chi connectivity index (χ0n) is 74.1. The van der Waals surface area contributed by atoms with Crippen molar-refractivity contribution in [3.05, 3.63) is 338 Å². The van der Waals surface area contributed by atoms with Crippen LogP contribution in [0, 0.1) is 23.3 Å². The number of carboxylic acids is 2. The van der Waals surface area contributed by atoms with Crippen LogP contribution in [0.2, 0.25) is 5.35 Å². The number of rotatable bonds is 23. The predicted octanol–water partition coefficient (Wildman–Crippen LogP) is 19.3. The van der Waals surface area contributed by atoms with E-state index in [1.165, 1.54) is 87.0 Å². The van der Waals surface area contributed by atoms with Crippen LogP contribution in [0.5, 0.6) is 46.0 Å². The number of hydrogen-bond donors (Lipinski definition) is 3. The first-order valence-corrected chi connectivity index (χ1v) is 43.0. The first-order chi connectivity index (χ1) is 65.6. The van der Waals surface area contributed by atoms with Crippen LogP contribution in [0.15, 0.2) is 260 Å². The Bertz CT molecular complexity index is 6740. The standard InChI is InChI=1S/C26H23FN2O5.2C25H21FN2O5.C19H21NO4.C7H3ClFNO.ClH/c1-31-23-10-8-17-14-29(26-28-20-12-18(27)9-11-22(20)34-26)21(25(30)32-2)13-19(17)24(23)33-15-16-6-4-3-5-7-16;2*1-31-22-9-7-16-13-28(25-27-19-11-17(26)8-10-21(19)33-25)20(24(29)30)12-18(16)23(22)32-14-15-5-3-2-4-6-15;1-22-17-9-8-14-11-20-16(19(21)23-2)10-15(14)18(17)24-12-13-6-4-3-5-7-13;8-7-10-5-3-4(9)1-2-6(5)11-7;/h3-12,21H,13-15H2,1-2H3;2*2-11,20H,12-14H2,1H3,(H,29,30);3-9,16,20H,10-12H2,1-2H3;1-3H;1H/t21-;2*20-;16-;;/m0000../s1. The highest BCUT2D eigenvalue weighted by Crippen LogP contribution is 2.46. The van der Waals surface area contributed by atoms with Crippen molar-refractivity contribution in [3.8, 4) is 46.0 Å². The number of hydrogen-bond acceptors (Lipinski definition) is 26. The minimum Gasteiger partial charge on any atom is -0.493 e. The number of esters is 2. The molecule has 0 bridgehead atoms. The molecular formula is C102H90Cl2F4N8O20. The van der Waals surface area contributed by atoms with E-state index < -0.39 is 53.5 Å². The lowest BCUT2D eigenvalue weighted by Gasteiger charge is -2.35. The zero-order chi connectivity index (χ0) is 94.3. The number of oxazole rings is 4. The molecule has 0 spiro atoms. The second-order valence-electron chi connectivity index (χ2n) is 31.3. The van der Waals surface area contributed by atoms with Gasteiger partial charge >= 0.3 is 23.9 Å². The maximum absolute atomic E-state index is 13.7. The summed E-state index contributed by atoms with van der Waals surface area (Å²) in [6.07, 6.45) is 1.15. The Morgan fingerprint density at radius 3 is 0.963 bits per heavy atom.